The van der Waals surface area contributed by atoms with Gasteiger partial charge in [-0.25, -0.2) is 12.7 Å². The summed E-state index contributed by atoms with van der Waals surface area (Å²) in [4.78, 5) is 0. The zero-order valence-electron chi connectivity index (χ0n) is 16.2. The highest BCUT2D eigenvalue weighted by Gasteiger charge is 2.65. The highest BCUT2D eigenvalue weighted by atomic mass is 35.5. The van der Waals surface area contributed by atoms with Crippen molar-refractivity contribution in [1.82, 2.24) is 0 Å². The summed E-state index contributed by atoms with van der Waals surface area (Å²) in [6.45, 7) is 4.22. The Balaban J connectivity index is 1.82. The van der Waals surface area contributed by atoms with Crippen LogP contribution in [0, 0.1) is 16.7 Å². The maximum Gasteiger partial charge on any atom is 0.240 e. The number of hydrogen-bond acceptors (Lipinski definition) is 3. The minimum Gasteiger partial charge on any atom is -0.392 e. The van der Waals surface area contributed by atoms with Crippen LogP contribution in [0.2, 0.25) is 5.02 Å². The quantitative estimate of drug-likeness (QED) is 0.742. The molecule has 0 radical (unpaired) electrons. The molecule has 3 unspecified atom stereocenters. The van der Waals surface area contributed by atoms with Crippen molar-refractivity contribution in [2.75, 3.05) is 10.1 Å². The molecule has 2 aromatic rings. The molecule has 2 saturated carbocycles. The number of aliphatic hydroxyl groups is 1. The number of aliphatic hydroxyl groups excluding tert-OH is 1. The lowest BCUT2D eigenvalue weighted by molar-refractivity contribution is 0.0153. The summed E-state index contributed by atoms with van der Waals surface area (Å²) >= 11 is 6.40. The van der Waals surface area contributed by atoms with Crippen molar-refractivity contribution < 1.29 is 13.5 Å². The third-order valence-corrected chi connectivity index (χ3v) is 9.33. The third kappa shape index (κ3) is 2.87. The molecule has 0 aliphatic heterocycles. The molecule has 0 heterocycles. The van der Waals surface area contributed by atoms with E-state index in [4.69, 9.17) is 11.6 Å². The summed E-state index contributed by atoms with van der Waals surface area (Å²) in [5.41, 5.74) is 0.131. The Kier molecular flexibility index (Phi) is 4.76. The number of fused-ring (bicyclic) bond motifs is 2. The fourth-order valence-corrected chi connectivity index (χ4v) is 8.06. The van der Waals surface area contributed by atoms with Crippen LogP contribution in [-0.4, -0.2) is 25.4 Å². The molecule has 2 bridgehead atoms. The van der Waals surface area contributed by atoms with E-state index < -0.39 is 21.5 Å². The zero-order chi connectivity index (χ0) is 20.2. The van der Waals surface area contributed by atoms with Crippen LogP contribution in [0.1, 0.15) is 33.1 Å². The second-order valence-corrected chi connectivity index (χ2v) is 10.9. The van der Waals surface area contributed by atoms with Crippen LogP contribution < -0.4 is 4.31 Å². The van der Waals surface area contributed by atoms with Gasteiger partial charge in [0.2, 0.25) is 10.0 Å². The molecule has 3 atom stereocenters. The third-order valence-electron chi connectivity index (χ3n) is 7.17. The summed E-state index contributed by atoms with van der Waals surface area (Å²) in [5.74, 6) is 0.272. The van der Waals surface area contributed by atoms with Gasteiger partial charge in [0, 0.05) is 5.41 Å². The van der Waals surface area contributed by atoms with Crippen molar-refractivity contribution in [2.45, 2.75) is 39.2 Å². The number of rotatable bonds is 5. The maximum atomic E-state index is 13.8. The van der Waals surface area contributed by atoms with Gasteiger partial charge in [0.15, 0.2) is 0 Å². The van der Waals surface area contributed by atoms with Crippen LogP contribution in [0.3, 0.4) is 0 Å². The second-order valence-electron chi connectivity index (χ2n) is 8.67. The Bertz CT molecular complexity index is 976. The molecule has 150 valence electrons. The predicted octanol–water partition coefficient (Wildman–Crippen LogP) is 5.00. The average molecular weight is 420 g/mol. The molecule has 2 aliphatic rings. The molecule has 1 N–H and O–H groups in total. The van der Waals surface area contributed by atoms with Crippen molar-refractivity contribution in [3.8, 4) is 0 Å². The number of para-hydroxylation sites is 2. The van der Waals surface area contributed by atoms with Crippen molar-refractivity contribution in [3.63, 3.8) is 0 Å². The maximum absolute atomic E-state index is 13.8. The number of nitrogens with zero attached hydrogens (tertiary/aromatic N) is 1. The fourth-order valence-electron chi connectivity index (χ4n) is 5.40. The minimum absolute atomic E-state index is 0.0925. The van der Waals surface area contributed by atoms with E-state index in [2.05, 4.69) is 13.8 Å². The first kappa shape index (κ1) is 19.7. The lowest BCUT2D eigenvalue weighted by Gasteiger charge is -2.41. The second kappa shape index (κ2) is 6.75. The Morgan fingerprint density at radius 2 is 1.75 bits per heavy atom. The smallest absolute Gasteiger partial charge is 0.240 e. The topological polar surface area (TPSA) is 57.6 Å². The normalized spacial score (nSPS) is 28.4. The molecule has 0 aromatic heterocycles. The van der Waals surface area contributed by atoms with E-state index in [-0.39, 0.29) is 11.2 Å². The summed E-state index contributed by atoms with van der Waals surface area (Å²) in [6.07, 6.45) is 1.78. The van der Waals surface area contributed by atoms with Crippen LogP contribution in [0.5, 0.6) is 0 Å². The summed E-state index contributed by atoms with van der Waals surface area (Å²) in [5, 5.41) is 11.2. The van der Waals surface area contributed by atoms with E-state index in [9.17, 15) is 13.5 Å². The Labute approximate surface area is 172 Å². The van der Waals surface area contributed by atoms with Crippen LogP contribution in [0.15, 0.2) is 54.6 Å². The monoisotopic (exact) mass is 419 g/mol. The largest absolute Gasteiger partial charge is 0.392 e. The molecule has 28 heavy (non-hydrogen) atoms. The van der Waals surface area contributed by atoms with Crippen LogP contribution in [-0.2, 0) is 10.0 Å². The van der Waals surface area contributed by atoms with Gasteiger partial charge in [-0.3, -0.25) is 0 Å². The molecule has 2 aliphatic carbocycles. The standard InChI is InChI=1S/C22H26ClNO3S/c1-21(2)16-12-13-22(21,20(25)14-16)15-28(26,27)24(17-8-4-3-5-9-17)19-11-7-6-10-18(19)23/h3-11,16,20,25H,12-15H2,1-2H3. The Morgan fingerprint density at radius 1 is 1.11 bits per heavy atom. The molecule has 0 saturated heterocycles. The number of sulfonamides is 1. The first-order valence-corrected chi connectivity index (χ1v) is 11.7. The van der Waals surface area contributed by atoms with Crippen molar-refractivity contribution >= 4 is 33.0 Å². The lowest BCUT2D eigenvalue weighted by Crippen LogP contribution is -2.47. The molecule has 6 heteroatoms. The van der Waals surface area contributed by atoms with Crippen molar-refractivity contribution in [2.24, 2.45) is 16.7 Å². The van der Waals surface area contributed by atoms with Crippen LogP contribution in [0.25, 0.3) is 0 Å². The highest BCUT2D eigenvalue weighted by Crippen LogP contribution is 2.66. The average Bonchev–Trinajstić information content (AvgIpc) is 2.98. The minimum atomic E-state index is -3.79. The molecular weight excluding hydrogens is 394 g/mol. The van der Waals surface area contributed by atoms with Gasteiger partial charge in [0.05, 0.1) is 28.3 Å². The van der Waals surface area contributed by atoms with Crippen molar-refractivity contribution in [3.05, 3.63) is 59.6 Å². The molecular formula is C22H26ClNO3S. The zero-order valence-corrected chi connectivity index (χ0v) is 17.7. The number of anilines is 2. The van der Waals surface area contributed by atoms with Crippen molar-refractivity contribution in [1.29, 1.82) is 0 Å². The van der Waals surface area contributed by atoms with Gasteiger partial charge in [-0.1, -0.05) is 55.8 Å². The molecule has 2 fully saturated rings. The SMILES string of the molecule is CC1(C)C2CCC1(CS(=O)(=O)N(c1ccccc1)c1ccccc1Cl)C(O)C2. The van der Waals surface area contributed by atoms with Gasteiger partial charge in [-0.05, 0) is 54.9 Å². The van der Waals surface area contributed by atoms with Crippen LogP contribution >= 0.6 is 11.6 Å². The lowest BCUT2D eigenvalue weighted by atomic mass is 9.70. The molecule has 4 rings (SSSR count). The first-order valence-electron chi connectivity index (χ1n) is 9.70. The molecule has 0 amide bonds. The molecule has 2 aromatic carbocycles. The van der Waals surface area contributed by atoms with Gasteiger partial charge in [0.1, 0.15) is 0 Å². The van der Waals surface area contributed by atoms with E-state index in [0.717, 1.165) is 12.8 Å². The molecule has 4 nitrogen and oxygen atoms in total. The van der Waals surface area contributed by atoms with Gasteiger partial charge >= 0.3 is 0 Å². The van der Waals surface area contributed by atoms with Gasteiger partial charge in [-0.15, -0.1) is 0 Å². The van der Waals surface area contributed by atoms with Gasteiger partial charge in [0.25, 0.3) is 0 Å². The number of hydrogen-bond donors (Lipinski definition) is 1. The van der Waals surface area contributed by atoms with E-state index in [1.54, 1.807) is 36.4 Å². The Morgan fingerprint density at radius 3 is 2.32 bits per heavy atom. The highest BCUT2D eigenvalue weighted by molar-refractivity contribution is 7.93. The predicted molar refractivity (Wildman–Crippen MR) is 113 cm³/mol. The summed E-state index contributed by atoms with van der Waals surface area (Å²) in [6, 6.07) is 16.0. The van der Waals surface area contributed by atoms with Gasteiger partial charge < -0.3 is 5.11 Å². The summed E-state index contributed by atoms with van der Waals surface area (Å²) < 4.78 is 29.0. The number of halogens is 1. The van der Waals surface area contributed by atoms with Crippen LogP contribution in [0.4, 0.5) is 11.4 Å². The Hall–Kier alpha value is -1.56. The molecule has 0 spiro atoms. The first-order chi connectivity index (χ1) is 13.2. The van der Waals surface area contributed by atoms with E-state index in [0.29, 0.717) is 28.7 Å². The van der Waals surface area contributed by atoms with E-state index in [1.165, 1.54) is 4.31 Å². The van der Waals surface area contributed by atoms with E-state index in [1.807, 2.05) is 18.2 Å². The number of benzene rings is 2. The van der Waals surface area contributed by atoms with Gasteiger partial charge in [-0.2, -0.15) is 0 Å². The fraction of sp³-hybridized carbons (Fsp3) is 0.455. The summed E-state index contributed by atoms with van der Waals surface area (Å²) in [7, 11) is -3.79. The van der Waals surface area contributed by atoms with E-state index >= 15 is 0 Å².